The third kappa shape index (κ3) is 4.17. The monoisotopic (exact) mass is 468 g/mol. The molecule has 1 N–H and O–H groups in total. The number of nitrogens with zero attached hydrogens (tertiary/aromatic N) is 9. The van der Waals surface area contributed by atoms with Crippen LogP contribution in [0.2, 0.25) is 0 Å². The third-order valence-corrected chi connectivity index (χ3v) is 5.95. The van der Waals surface area contributed by atoms with Crippen LogP contribution in [0.1, 0.15) is 5.69 Å². The molecule has 1 saturated heterocycles. The van der Waals surface area contributed by atoms with E-state index in [4.69, 9.17) is 14.7 Å². The summed E-state index contributed by atoms with van der Waals surface area (Å²) in [6.07, 6.45) is 5.15. The molecule has 0 amide bonds. The van der Waals surface area contributed by atoms with E-state index in [2.05, 4.69) is 36.6 Å². The number of hydrogen-bond donors (Lipinski definition) is 1. The van der Waals surface area contributed by atoms with Gasteiger partial charge in [0.2, 0.25) is 5.95 Å². The number of aryl methyl sites for hydroxylation is 2. The van der Waals surface area contributed by atoms with E-state index in [-0.39, 0.29) is 0 Å². The van der Waals surface area contributed by atoms with E-state index in [9.17, 15) is 0 Å². The molecule has 1 aromatic carbocycles. The van der Waals surface area contributed by atoms with Crippen molar-refractivity contribution in [1.29, 1.82) is 0 Å². The van der Waals surface area contributed by atoms with Crippen LogP contribution >= 0.6 is 0 Å². The van der Waals surface area contributed by atoms with Crippen LogP contribution in [0.5, 0.6) is 0 Å². The molecule has 35 heavy (non-hydrogen) atoms. The molecule has 0 saturated carbocycles. The first-order valence-corrected chi connectivity index (χ1v) is 11.4. The summed E-state index contributed by atoms with van der Waals surface area (Å²) in [5.41, 5.74) is 6.22. The van der Waals surface area contributed by atoms with Crippen molar-refractivity contribution < 1.29 is 4.74 Å². The van der Waals surface area contributed by atoms with Crippen LogP contribution in [0.25, 0.3) is 28.0 Å². The predicted octanol–water partition coefficient (Wildman–Crippen LogP) is 2.89. The van der Waals surface area contributed by atoms with Crippen LogP contribution in [0.4, 0.5) is 17.5 Å². The smallest absolute Gasteiger partial charge is 0.228 e. The van der Waals surface area contributed by atoms with Crippen molar-refractivity contribution in [3.8, 4) is 16.9 Å². The SMILES string of the molecule is Cc1nn(C)c2cc(-c3cc(Nc4ccc(-n5nccn5)cc4)nc(N4CCOCC4)n3)cnc12. The lowest BCUT2D eigenvalue weighted by Crippen LogP contribution is -2.37. The van der Waals surface area contributed by atoms with Crippen molar-refractivity contribution in [2.24, 2.45) is 7.05 Å². The fraction of sp³-hybridized carbons (Fsp3) is 0.250. The van der Waals surface area contributed by atoms with Crippen molar-refractivity contribution in [3.05, 3.63) is 60.7 Å². The minimum Gasteiger partial charge on any atom is -0.378 e. The molecule has 0 unspecified atom stereocenters. The van der Waals surface area contributed by atoms with E-state index < -0.39 is 0 Å². The summed E-state index contributed by atoms with van der Waals surface area (Å²) in [6, 6.07) is 11.9. The number of pyridine rings is 1. The highest BCUT2D eigenvalue weighted by molar-refractivity contribution is 5.82. The second-order valence-corrected chi connectivity index (χ2v) is 8.33. The Morgan fingerprint density at radius 1 is 0.971 bits per heavy atom. The number of ether oxygens (including phenoxy) is 1. The van der Waals surface area contributed by atoms with E-state index in [0.717, 1.165) is 52.4 Å². The van der Waals surface area contributed by atoms with Gasteiger partial charge in [-0.2, -0.15) is 25.1 Å². The highest BCUT2D eigenvalue weighted by atomic mass is 16.5. The van der Waals surface area contributed by atoms with Crippen molar-refractivity contribution >= 4 is 28.5 Å². The quantitative estimate of drug-likeness (QED) is 0.416. The zero-order valence-electron chi connectivity index (χ0n) is 19.5. The van der Waals surface area contributed by atoms with Crippen molar-refractivity contribution in [1.82, 2.24) is 39.7 Å². The molecule has 1 fully saturated rings. The van der Waals surface area contributed by atoms with E-state index in [1.54, 1.807) is 17.2 Å². The average molecular weight is 469 g/mol. The van der Waals surface area contributed by atoms with Gasteiger partial charge in [-0.1, -0.05) is 0 Å². The van der Waals surface area contributed by atoms with Gasteiger partial charge in [-0.25, -0.2) is 4.98 Å². The predicted molar refractivity (Wildman–Crippen MR) is 132 cm³/mol. The lowest BCUT2D eigenvalue weighted by atomic mass is 10.1. The number of fused-ring (bicyclic) bond motifs is 1. The summed E-state index contributed by atoms with van der Waals surface area (Å²) < 4.78 is 7.37. The van der Waals surface area contributed by atoms with Gasteiger partial charge in [-0.05, 0) is 37.3 Å². The van der Waals surface area contributed by atoms with Crippen molar-refractivity contribution in [2.45, 2.75) is 6.92 Å². The summed E-state index contributed by atoms with van der Waals surface area (Å²) in [6.45, 7) is 4.76. The number of morpholine rings is 1. The maximum atomic E-state index is 5.52. The Kier molecular flexibility index (Phi) is 5.30. The summed E-state index contributed by atoms with van der Waals surface area (Å²) in [7, 11) is 1.93. The molecule has 0 bridgehead atoms. The summed E-state index contributed by atoms with van der Waals surface area (Å²) >= 11 is 0. The zero-order chi connectivity index (χ0) is 23.8. The minimum absolute atomic E-state index is 0.654. The molecule has 0 radical (unpaired) electrons. The third-order valence-electron chi connectivity index (χ3n) is 5.95. The number of rotatable bonds is 5. The van der Waals surface area contributed by atoms with Crippen LogP contribution in [0, 0.1) is 6.92 Å². The Labute approximate surface area is 201 Å². The lowest BCUT2D eigenvalue weighted by molar-refractivity contribution is 0.122. The average Bonchev–Trinajstić information content (AvgIpc) is 3.53. The molecule has 0 spiro atoms. The fourth-order valence-corrected chi connectivity index (χ4v) is 4.17. The first-order valence-electron chi connectivity index (χ1n) is 11.4. The number of anilines is 3. The van der Waals surface area contributed by atoms with Gasteiger partial charge in [0.1, 0.15) is 11.3 Å². The molecule has 5 aromatic rings. The van der Waals surface area contributed by atoms with E-state index in [1.807, 2.05) is 55.2 Å². The van der Waals surface area contributed by atoms with Gasteiger partial charge in [0.25, 0.3) is 0 Å². The molecule has 0 aliphatic carbocycles. The molecule has 11 nitrogen and oxygen atoms in total. The van der Waals surface area contributed by atoms with Crippen LogP contribution in [0.15, 0.2) is 55.0 Å². The van der Waals surface area contributed by atoms with Gasteiger partial charge in [-0.3, -0.25) is 9.67 Å². The van der Waals surface area contributed by atoms with Crippen molar-refractivity contribution in [3.63, 3.8) is 0 Å². The summed E-state index contributed by atoms with van der Waals surface area (Å²) in [5, 5.41) is 16.3. The molecule has 176 valence electrons. The maximum absolute atomic E-state index is 5.52. The molecule has 1 aliphatic heterocycles. The first-order chi connectivity index (χ1) is 17.1. The van der Waals surface area contributed by atoms with Gasteiger partial charge < -0.3 is 15.0 Å². The van der Waals surface area contributed by atoms with Crippen molar-refractivity contribution in [2.75, 3.05) is 36.5 Å². The highest BCUT2D eigenvalue weighted by Gasteiger charge is 2.18. The summed E-state index contributed by atoms with van der Waals surface area (Å²) in [4.78, 5) is 18.1. The van der Waals surface area contributed by atoms with Gasteiger partial charge in [0, 0.05) is 43.7 Å². The van der Waals surface area contributed by atoms with Crippen LogP contribution in [0.3, 0.4) is 0 Å². The number of hydrogen-bond acceptors (Lipinski definition) is 9. The number of nitrogens with one attached hydrogen (secondary N) is 1. The Hall–Kier alpha value is -4.38. The summed E-state index contributed by atoms with van der Waals surface area (Å²) in [5.74, 6) is 1.36. The maximum Gasteiger partial charge on any atom is 0.228 e. The number of benzene rings is 1. The van der Waals surface area contributed by atoms with E-state index in [1.165, 1.54) is 0 Å². The molecule has 11 heteroatoms. The second-order valence-electron chi connectivity index (χ2n) is 8.33. The van der Waals surface area contributed by atoms with Crippen LogP contribution in [-0.2, 0) is 11.8 Å². The number of aromatic nitrogens is 8. The topological polar surface area (TPSA) is 112 Å². The standard InChI is InChI=1S/C24H24N10O/c1-16-23-21(32(2)31-16)13-17(15-25-23)20-14-22(30-24(29-20)33-9-11-35-12-10-33)28-18-3-5-19(6-4-18)34-26-7-8-27-34/h3-8,13-15H,9-12H2,1-2H3,(H,28,29,30). The molecule has 1 aliphatic rings. The van der Waals surface area contributed by atoms with Gasteiger partial charge in [0.15, 0.2) is 0 Å². The molecule has 5 heterocycles. The van der Waals surface area contributed by atoms with E-state index in [0.29, 0.717) is 25.0 Å². The van der Waals surface area contributed by atoms with Gasteiger partial charge in [0.05, 0.1) is 48.2 Å². The molecule has 6 rings (SSSR count). The Morgan fingerprint density at radius 3 is 2.51 bits per heavy atom. The Morgan fingerprint density at radius 2 is 1.74 bits per heavy atom. The Balaban J connectivity index is 1.37. The normalized spacial score (nSPS) is 13.9. The van der Waals surface area contributed by atoms with Gasteiger partial charge >= 0.3 is 0 Å². The second kappa shape index (κ2) is 8.76. The lowest BCUT2D eigenvalue weighted by Gasteiger charge is -2.27. The molecule has 0 atom stereocenters. The molecular weight excluding hydrogens is 444 g/mol. The molecular formula is C24H24N10O. The van der Waals surface area contributed by atoms with Crippen LogP contribution < -0.4 is 10.2 Å². The highest BCUT2D eigenvalue weighted by Crippen LogP contribution is 2.28. The first kappa shape index (κ1) is 21.2. The van der Waals surface area contributed by atoms with Crippen LogP contribution in [-0.4, -0.2) is 66.0 Å². The minimum atomic E-state index is 0.654. The van der Waals surface area contributed by atoms with Gasteiger partial charge in [-0.15, -0.1) is 0 Å². The fourth-order valence-electron chi connectivity index (χ4n) is 4.17. The zero-order valence-corrected chi connectivity index (χ0v) is 19.5. The largest absolute Gasteiger partial charge is 0.378 e. The van der Waals surface area contributed by atoms with E-state index >= 15 is 0 Å². The molecule has 4 aromatic heterocycles. The Bertz CT molecular complexity index is 1470.